The standard InChI is InChI=1S/C16H11BrClNO/c17-14-9-19-15-7-6-12(8-13(15)16(14)18)20-10-11-4-2-1-3-5-11/h1-9H,10H2. The summed E-state index contributed by atoms with van der Waals surface area (Å²) in [7, 11) is 0. The third kappa shape index (κ3) is 2.79. The Kier molecular flexibility index (Phi) is 3.90. The van der Waals surface area contributed by atoms with Gasteiger partial charge in [-0.1, -0.05) is 41.9 Å². The van der Waals surface area contributed by atoms with Gasteiger partial charge in [0.25, 0.3) is 0 Å². The molecule has 0 radical (unpaired) electrons. The van der Waals surface area contributed by atoms with Gasteiger partial charge in [0.05, 0.1) is 15.0 Å². The summed E-state index contributed by atoms with van der Waals surface area (Å²) in [4.78, 5) is 4.31. The highest BCUT2D eigenvalue weighted by atomic mass is 79.9. The molecular formula is C16H11BrClNO. The number of hydrogen-bond acceptors (Lipinski definition) is 2. The Balaban J connectivity index is 1.87. The van der Waals surface area contributed by atoms with Crippen LogP contribution in [0.2, 0.25) is 5.02 Å². The van der Waals surface area contributed by atoms with Crippen LogP contribution in [0, 0.1) is 0 Å². The molecule has 4 heteroatoms. The fourth-order valence-corrected chi connectivity index (χ4v) is 2.46. The Labute approximate surface area is 130 Å². The van der Waals surface area contributed by atoms with Crippen molar-refractivity contribution in [3.8, 4) is 5.75 Å². The second kappa shape index (κ2) is 5.81. The van der Waals surface area contributed by atoms with Crippen molar-refractivity contribution in [2.45, 2.75) is 6.61 Å². The van der Waals surface area contributed by atoms with Crippen LogP contribution < -0.4 is 4.74 Å². The molecule has 0 amide bonds. The van der Waals surface area contributed by atoms with Crippen molar-refractivity contribution in [2.24, 2.45) is 0 Å². The molecule has 0 saturated heterocycles. The first-order valence-electron chi connectivity index (χ1n) is 6.14. The Bertz CT molecular complexity index is 746. The Morgan fingerprint density at radius 2 is 1.90 bits per heavy atom. The zero-order valence-corrected chi connectivity index (χ0v) is 12.9. The lowest BCUT2D eigenvalue weighted by Crippen LogP contribution is -1.95. The van der Waals surface area contributed by atoms with Gasteiger partial charge in [-0.25, -0.2) is 0 Å². The number of aromatic nitrogens is 1. The Morgan fingerprint density at radius 3 is 2.70 bits per heavy atom. The van der Waals surface area contributed by atoms with Crippen molar-refractivity contribution < 1.29 is 4.74 Å². The molecule has 20 heavy (non-hydrogen) atoms. The normalized spacial score (nSPS) is 10.7. The van der Waals surface area contributed by atoms with E-state index in [1.54, 1.807) is 6.20 Å². The predicted octanol–water partition coefficient (Wildman–Crippen LogP) is 5.23. The van der Waals surface area contributed by atoms with E-state index in [1.165, 1.54) is 0 Å². The van der Waals surface area contributed by atoms with Crippen LogP contribution in [0.1, 0.15) is 5.56 Å². The van der Waals surface area contributed by atoms with Gasteiger partial charge in [0.2, 0.25) is 0 Å². The SMILES string of the molecule is Clc1c(Br)cnc2ccc(OCc3ccccc3)cc12. The summed E-state index contributed by atoms with van der Waals surface area (Å²) in [5.41, 5.74) is 1.98. The maximum Gasteiger partial charge on any atom is 0.120 e. The third-order valence-electron chi connectivity index (χ3n) is 2.98. The zero-order chi connectivity index (χ0) is 13.9. The second-order valence-corrected chi connectivity index (χ2v) is 5.61. The smallest absolute Gasteiger partial charge is 0.120 e. The minimum absolute atomic E-state index is 0.533. The number of halogens is 2. The highest BCUT2D eigenvalue weighted by molar-refractivity contribution is 9.10. The first kappa shape index (κ1) is 13.4. The number of hydrogen-bond donors (Lipinski definition) is 0. The van der Waals surface area contributed by atoms with Crippen molar-refractivity contribution in [2.75, 3.05) is 0 Å². The van der Waals surface area contributed by atoms with Gasteiger partial charge in [-0.15, -0.1) is 0 Å². The van der Waals surface area contributed by atoms with Crippen LogP contribution in [-0.2, 0) is 6.61 Å². The van der Waals surface area contributed by atoms with E-state index in [0.717, 1.165) is 26.7 Å². The fourth-order valence-electron chi connectivity index (χ4n) is 1.95. The Hall–Kier alpha value is -1.58. The van der Waals surface area contributed by atoms with Gasteiger partial charge in [-0.05, 0) is 39.7 Å². The molecule has 0 atom stereocenters. The molecule has 0 spiro atoms. The number of fused-ring (bicyclic) bond motifs is 1. The van der Waals surface area contributed by atoms with Crippen LogP contribution in [0.5, 0.6) is 5.75 Å². The average Bonchev–Trinajstić information content (AvgIpc) is 2.50. The molecule has 0 aliphatic rings. The van der Waals surface area contributed by atoms with E-state index in [-0.39, 0.29) is 0 Å². The molecule has 2 nitrogen and oxygen atoms in total. The van der Waals surface area contributed by atoms with Crippen LogP contribution >= 0.6 is 27.5 Å². The zero-order valence-electron chi connectivity index (χ0n) is 10.5. The van der Waals surface area contributed by atoms with E-state index in [2.05, 4.69) is 20.9 Å². The summed E-state index contributed by atoms with van der Waals surface area (Å²) in [5, 5.41) is 1.53. The van der Waals surface area contributed by atoms with Crippen LogP contribution in [0.3, 0.4) is 0 Å². The molecule has 0 aliphatic carbocycles. The maximum absolute atomic E-state index is 6.27. The molecule has 0 aliphatic heterocycles. The van der Waals surface area contributed by atoms with Crippen LogP contribution in [0.25, 0.3) is 10.9 Å². The highest BCUT2D eigenvalue weighted by Gasteiger charge is 2.06. The van der Waals surface area contributed by atoms with E-state index in [1.807, 2.05) is 48.5 Å². The van der Waals surface area contributed by atoms with Gasteiger partial charge < -0.3 is 4.74 Å². The van der Waals surface area contributed by atoms with Gasteiger partial charge in [0.15, 0.2) is 0 Å². The molecule has 0 fully saturated rings. The van der Waals surface area contributed by atoms with Crippen LogP contribution in [0.4, 0.5) is 0 Å². The fraction of sp³-hybridized carbons (Fsp3) is 0.0625. The van der Waals surface area contributed by atoms with Gasteiger partial charge >= 0.3 is 0 Å². The number of benzene rings is 2. The first-order valence-corrected chi connectivity index (χ1v) is 7.31. The lowest BCUT2D eigenvalue weighted by atomic mass is 10.2. The minimum Gasteiger partial charge on any atom is -0.489 e. The van der Waals surface area contributed by atoms with E-state index >= 15 is 0 Å². The van der Waals surface area contributed by atoms with Crippen molar-refractivity contribution in [1.82, 2.24) is 4.98 Å². The van der Waals surface area contributed by atoms with E-state index in [4.69, 9.17) is 16.3 Å². The van der Waals surface area contributed by atoms with Crippen LogP contribution in [-0.4, -0.2) is 4.98 Å². The van der Waals surface area contributed by atoms with Crippen LogP contribution in [0.15, 0.2) is 59.2 Å². The van der Waals surface area contributed by atoms with E-state index in [0.29, 0.717) is 11.6 Å². The molecule has 1 heterocycles. The van der Waals surface area contributed by atoms with E-state index in [9.17, 15) is 0 Å². The monoisotopic (exact) mass is 347 g/mol. The summed E-state index contributed by atoms with van der Waals surface area (Å²) in [6, 6.07) is 15.8. The number of nitrogens with zero attached hydrogens (tertiary/aromatic N) is 1. The maximum atomic E-state index is 6.27. The van der Waals surface area contributed by atoms with Crippen molar-refractivity contribution in [3.05, 3.63) is 69.8 Å². The number of pyridine rings is 1. The second-order valence-electron chi connectivity index (χ2n) is 4.37. The largest absolute Gasteiger partial charge is 0.489 e. The summed E-state index contributed by atoms with van der Waals surface area (Å²) >= 11 is 9.65. The predicted molar refractivity (Wildman–Crippen MR) is 85.2 cm³/mol. The average molecular weight is 349 g/mol. The molecule has 3 aromatic rings. The molecular weight excluding hydrogens is 338 g/mol. The summed E-state index contributed by atoms with van der Waals surface area (Å²) in [6.45, 7) is 0.533. The van der Waals surface area contributed by atoms with E-state index < -0.39 is 0 Å². The van der Waals surface area contributed by atoms with Crippen molar-refractivity contribution >= 4 is 38.4 Å². The molecule has 0 saturated carbocycles. The lowest BCUT2D eigenvalue weighted by Gasteiger charge is -2.08. The van der Waals surface area contributed by atoms with Gasteiger partial charge in [-0.3, -0.25) is 4.98 Å². The molecule has 3 rings (SSSR count). The minimum atomic E-state index is 0.533. The molecule has 0 unspecified atom stereocenters. The number of ether oxygens (including phenoxy) is 1. The number of rotatable bonds is 3. The third-order valence-corrected chi connectivity index (χ3v) is 4.22. The van der Waals surface area contributed by atoms with Gasteiger partial charge in [-0.2, -0.15) is 0 Å². The molecule has 0 N–H and O–H groups in total. The van der Waals surface area contributed by atoms with Crippen molar-refractivity contribution in [3.63, 3.8) is 0 Å². The summed E-state index contributed by atoms with van der Waals surface area (Å²) in [6.07, 6.45) is 1.70. The quantitative estimate of drug-likeness (QED) is 0.646. The van der Waals surface area contributed by atoms with Gasteiger partial charge in [0, 0.05) is 11.6 Å². The topological polar surface area (TPSA) is 22.1 Å². The molecule has 100 valence electrons. The highest BCUT2D eigenvalue weighted by Crippen LogP contribution is 2.31. The molecule has 2 aromatic carbocycles. The van der Waals surface area contributed by atoms with Gasteiger partial charge in [0.1, 0.15) is 12.4 Å². The summed E-state index contributed by atoms with van der Waals surface area (Å²) < 4.78 is 6.58. The molecule has 1 aromatic heterocycles. The molecule has 0 bridgehead atoms. The summed E-state index contributed by atoms with van der Waals surface area (Å²) in [5.74, 6) is 0.781. The Morgan fingerprint density at radius 1 is 1.10 bits per heavy atom. The first-order chi connectivity index (χ1) is 9.74. The van der Waals surface area contributed by atoms with Crippen molar-refractivity contribution in [1.29, 1.82) is 0 Å². The lowest BCUT2D eigenvalue weighted by molar-refractivity contribution is 0.306.